The molecule has 1 rings (SSSR count). The molecule has 1 aromatic heterocycles. The molecule has 0 aliphatic heterocycles. The van der Waals surface area contributed by atoms with Gasteiger partial charge in [-0.25, -0.2) is 0 Å². The zero-order valence-electron chi connectivity index (χ0n) is 12.0. The van der Waals surface area contributed by atoms with E-state index in [1.807, 2.05) is 4.68 Å². The molecule has 0 aliphatic rings. The SMILES string of the molecule is CCNC(c1c(Cl)cnn1CCOC)C(C)(C)C. The first-order valence-electron chi connectivity index (χ1n) is 6.35. The van der Waals surface area contributed by atoms with Gasteiger partial charge in [0.25, 0.3) is 0 Å². The smallest absolute Gasteiger partial charge is 0.0834 e. The lowest BCUT2D eigenvalue weighted by atomic mass is 9.84. The Labute approximate surface area is 115 Å². The molecule has 1 unspecified atom stereocenters. The van der Waals surface area contributed by atoms with Crippen LogP contribution in [0.25, 0.3) is 0 Å². The fraction of sp³-hybridized carbons (Fsp3) is 0.769. The van der Waals surface area contributed by atoms with Gasteiger partial charge in [0.2, 0.25) is 0 Å². The van der Waals surface area contributed by atoms with Crippen molar-refractivity contribution in [3.63, 3.8) is 0 Å². The Hall–Kier alpha value is -0.580. The second-order valence-electron chi connectivity index (χ2n) is 5.45. The lowest BCUT2D eigenvalue weighted by Crippen LogP contribution is -2.34. The Morgan fingerprint density at radius 1 is 1.50 bits per heavy atom. The van der Waals surface area contributed by atoms with Gasteiger partial charge < -0.3 is 10.1 Å². The summed E-state index contributed by atoms with van der Waals surface area (Å²) in [7, 11) is 1.69. The average Bonchev–Trinajstić information content (AvgIpc) is 2.63. The molecule has 0 amide bonds. The van der Waals surface area contributed by atoms with Crippen LogP contribution in [0.3, 0.4) is 0 Å². The molecule has 0 bridgehead atoms. The predicted molar refractivity (Wildman–Crippen MR) is 75.0 cm³/mol. The molecular weight excluding hydrogens is 250 g/mol. The zero-order valence-corrected chi connectivity index (χ0v) is 12.7. The van der Waals surface area contributed by atoms with Crippen molar-refractivity contribution in [2.45, 2.75) is 40.3 Å². The van der Waals surface area contributed by atoms with Gasteiger partial charge in [0, 0.05) is 7.11 Å². The molecule has 5 heteroatoms. The maximum absolute atomic E-state index is 6.30. The van der Waals surface area contributed by atoms with Crippen molar-refractivity contribution in [3.8, 4) is 0 Å². The first-order chi connectivity index (χ1) is 8.41. The van der Waals surface area contributed by atoms with Gasteiger partial charge in [-0.3, -0.25) is 4.68 Å². The number of hydrogen-bond acceptors (Lipinski definition) is 3. The van der Waals surface area contributed by atoms with E-state index in [-0.39, 0.29) is 11.5 Å². The number of halogens is 1. The third-order valence-corrected chi connectivity index (χ3v) is 3.18. The normalized spacial score (nSPS) is 13.9. The predicted octanol–water partition coefficient (Wildman–Crippen LogP) is 2.88. The Morgan fingerprint density at radius 2 is 2.17 bits per heavy atom. The summed E-state index contributed by atoms with van der Waals surface area (Å²) in [6, 6.07) is 0.175. The zero-order chi connectivity index (χ0) is 13.8. The average molecular weight is 274 g/mol. The fourth-order valence-electron chi connectivity index (χ4n) is 2.03. The van der Waals surface area contributed by atoms with Crippen LogP contribution in [-0.4, -0.2) is 30.0 Å². The Bertz CT molecular complexity index is 371. The van der Waals surface area contributed by atoms with Gasteiger partial charge in [-0.05, 0) is 12.0 Å². The van der Waals surface area contributed by atoms with Crippen LogP contribution in [0.15, 0.2) is 6.20 Å². The second kappa shape index (κ2) is 6.55. The fourth-order valence-corrected chi connectivity index (χ4v) is 2.28. The van der Waals surface area contributed by atoms with E-state index in [9.17, 15) is 0 Å². The van der Waals surface area contributed by atoms with E-state index < -0.39 is 0 Å². The summed E-state index contributed by atoms with van der Waals surface area (Å²) >= 11 is 6.30. The summed E-state index contributed by atoms with van der Waals surface area (Å²) in [6.45, 7) is 10.9. The first-order valence-corrected chi connectivity index (χ1v) is 6.73. The highest BCUT2D eigenvalue weighted by molar-refractivity contribution is 6.31. The van der Waals surface area contributed by atoms with Crippen LogP contribution in [-0.2, 0) is 11.3 Å². The molecule has 0 saturated carbocycles. The van der Waals surface area contributed by atoms with Crippen LogP contribution in [0, 0.1) is 5.41 Å². The molecule has 104 valence electrons. The molecule has 0 aliphatic carbocycles. The van der Waals surface area contributed by atoms with E-state index in [2.05, 4.69) is 38.1 Å². The van der Waals surface area contributed by atoms with Gasteiger partial charge >= 0.3 is 0 Å². The maximum Gasteiger partial charge on any atom is 0.0834 e. The molecule has 0 aromatic carbocycles. The molecule has 4 nitrogen and oxygen atoms in total. The summed E-state index contributed by atoms with van der Waals surface area (Å²) in [5.74, 6) is 0. The van der Waals surface area contributed by atoms with Crippen molar-refractivity contribution in [2.24, 2.45) is 5.41 Å². The van der Waals surface area contributed by atoms with Crippen LogP contribution < -0.4 is 5.32 Å². The van der Waals surface area contributed by atoms with Crippen molar-refractivity contribution in [1.82, 2.24) is 15.1 Å². The van der Waals surface area contributed by atoms with Crippen LogP contribution in [0.2, 0.25) is 5.02 Å². The molecule has 1 atom stereocenters. The quantitative estimate of drug-likeness (QED) is 0.866. The third-order valence-electron chi connectivity index (χ3n) is 2.89. The van der Waals surface area contributed by atoms with Gasteiger partial charge in [-0.15, -0.1) is 0 Å². The molecular formula is C13H24ClN3O. The summed E-state index contributed by atoms with van der Waals surface area (Å²) in [4.78, 5) is 0. The summed E-state index contributed by atoms with van der Waals surface area (Å²) < 4.78 is 7.05. The van der Waals surface area contributed by atoms with Crippen molar-refractivity contribution < 1.29 is 4.74 Å². The number of aromatic nitrogens is 2. The molecule has 0 spiro atoms. The van der Waals surface area contributed by atoms with Crippen LogP contribution in [0.1, 0.15) is 39.4 Å². The number of nitrogens with one attached hydrogen (secondary N) is 1. The Kier molecular flexibility index (Phi) is 5.63. The lowest BCUT2D eigenvalue weighted by Gasteiger charge is -2.32. The lowest BCUT2D eigenvalue weighted by molar-refractivity contribution is 0.178. The van der Waals surface area contributed by atoms with E-state index in [1.54, 1.807) is 13.3 Å². The van der Waals surface area contributed by atoms with Crippen LogP contribution in [0.5, 0.6) is 0 Å². The van der Waals surface area contributed by atoms with E-state index in [0.717, 1.165) is 18.8 Å². The van der Waals surface area contributed by atoms with Gasteiger partial charge in [0.1, 0.15) is 0 Å². The van der Waals surface area contributed by atoms with E-state index in [4.69, 9.17) is 16.3 Å². The number of ether oxygens (including phenoxy) is 1. The molecule has 0 saturated heterocycles. The highest BCUT2D eigenvalue weighted by atomic mass is 35.5. The molecule has 1 aromatic rings. The number of rotatable bonds is 6. The molecule has 18 heavy (non-hydrogen) atoms. The second-order valence-corrected chi connectivity index (χ2v) is 5.86. The standard InChI is InChI=1S/C13H24ClN3O/c1-6-15-12(13(2,3)4)11-10(14)9-16-17(11)7-8-18-5/h9,12,15H,6-8H2,1-5H3. The van der Waals surface area contributed by atoms with E-state index >= 15 is 0 Å². The molecule has 0 radical (unpaired) electrons. The minimum absolute atomic E-state index is 0.0739. The third kappa shape index (κ3) is 3.70. The Balaban J connectivity index is 3.06. The van der Waals surface area contributed by atoms with E-state index in [0.29, 0.717) is 11.6 Å². The molecule has 1 heterocycles. The first kappa shape index (κ1) is 15.5. The molecule has 1 N–H and O–H groups in total. The van der Waals surface area contributed by atoms with Gasteiger partial charge in [0.05, 0.1) is 36.1 Å². The van der Waals surface area contributed by atoms with Crippen LogP contribution in [0.4, 0.5) is 0 Å². The number of nitrogens with zero attached hydrogens (tertiary/aromatic N) is 2. The number of methoxy groups -OCH3 is 1. The minimum Gasteiger partial charge on any atom is -0.383 e. The van der Waals surface area contributed by atoms with Crippen LogP contribution >= 0.6 is 11.6 Å². The largest absolute Gasteiger partial charge is 0.383 e. The Morgan fingerprint density at radius 3 is 2.67 bits per heavy atom. The monoisotopic (exact) mass is 273 g/mol. The molecule has 0 fully saturated rings. The van der Waals surface area contributed by atoms with E-state index in [1.165, 1.54) is 0 Å². The van der Waals surface area contributed by atoms with Crippen molar-refractivity contribution >= 4 is 11.6 Å². The maximum atomic E-state index is 6.30. The van der Waals surface area contributed by atoms with Gasteiger partial charge in [-0.1, -0.05) is 39.3 Å². The number of hydrogen-bond donors (Lipinski definition) is 1. The topological polar surface area (TPSA) is 39.1 Å². The highest BCUT2D eigenvalue weighted by Gasteiger charge is 2.30. The van der Waals surface area contributed by atoms with Crippen molar-refractivity contribution in [2.75, 3.05) is 20.3 Å². The highest BCUT2D eigenvalue weighted by Crippen LogP contribution is 2.36. The van der Waals surface area contributed by atoms with Gasteiger partial charge in [-0.2, -0.15) is 5.10 Å². The minimum atomic E-state index is 0.0739. The van der Waals surface area contributed by atoms with Crippen molar-refractivity contribution in [1.29, 1.82) is 0 Å². The summed E-state index contributed by atoms with van der Waals surface area (Å²) in [6.07, 6.45) is 1.71. The summed E-state index contributed by atoms with van der Waals surface area (Å²) in [5.41, 5.74) is 1.12. The van der Waals surface area contributed by atoms with Gasteiger partial charge in [0.15, 0.2) is 0 Å². The van der Waals surface area contributed by atoms with Crippen molar-refractivity contribution in [3.05, 3.63) is 16.9 Å². The summed E-state index contributed by atoms with van der Waals surface area (Å²) in [5, 5.41) is 8.55.